The summed E-state index contributed by atoms with van der Waals surface area (Å²) in [4.78, 5) is 21.8. The van der Waals surface area contributed by atoms with Crippen molar-refractivity contribution in [1.29, 1.82) is 0 Å². The van der Waals surface area contributed by atoms with Gasteiger partial charge in [-0.15, -0.1) is 0 Å². The molecule has 0 spiro atoms. The summed E-state index contributed by atoms with van der Waals surface area (Å²) >= 11 is 0. The maximum absolute atomic E-state index is 11.3. The van der Waals surface area contributed by atoms with Crippen molar-refractivity contribution in [2.24, 2.45) is 11.3 Å². The number of hydrogen-bond donors (Lipinski definition) is 2. The Morgan fingerprint density at radius 1 is 1.28 bits per heavy atom. The van der Waals surface area contributed by atoms with Crippen LogP contribution in [0, 0.1) is 11.3 Å². The molecule has 5 nitrogen and oxygen atoms in total. The number of alkyl carbamates (subject to hydrolysis) is 1. The maximum Gasteiger partial charge on any atom is 0.407 e. The molecule has 0 fully saturated rings. The van der Waals surface area contributed by atoms with E-state index in [4.69, 9.17) is 9.84 Å². The average Bonchev–Trinajstić information content (AvgIpc) is 2.23. The summed E-state index contributed by atoms with van der Waals surface area (Å²) in [6, 6.07) is 0. The molecule has 0 aliphatic rings. The predicted octanol–water partition coefficient (Wildman–Crippen LogP) is 2.65. The van der Waals surface area contributed by atoms with Crippen LogP contribution in [0.1, 0.15) is 47.0 Å². The fourth-order valence-electron chi connectivity index (χ4n) is 1.37. The molecule has 0 radical (unpaired) electrons. The molecule has 0 unspecified atom stereocenters. The van der Waals surface area contributed by atoms with Crippen LogP contribution in [-0.2, 0) is 9.53 Å². The summed E-state index contributed by atoms with van der Waals surface area (Å²) in [6.45, 7) is 8.86. The van der Waals surface area contributed by atoms with Gasteiger partial charge in [-0.2, -0.15) is 0 Å². The predicted molar refractivity (Wildman–Crippen MR) is 69.5 cm³/mol. The van der Waals surface area contributed by atoms with E-state index in [1.165, 1.54) is 0 Å². The van der Waals surface area contributed by atoms with Crippen molar-refractivity contribution in [3.8, 4) is 0 Å². The second-order valence-corrected chi connectivity index (χ2v) is 5.73. The average molecular weight is 259 g/mol. The first kappa shape index (κ1) is 16.7. The molecule has 0 aliphatic heterocycles. The van der Waals surface area contributed by atoms with Gasteiger partial charge in [0, 0.05) is 13.0 Å². The van der Waals surface area contributed by atoms with E-state index in [-0.39, 0.29) is 11.8 Å². The largest absolute Gasteiger partial charge is 0.481 e. The summed E-state index contributed by atoms with van der Waals surface area (Å²) in [5.74, 6) is -0.463. The van der Waals surface area contributed by atoms with Gasteiger partial charge in [0.1, 0.15) is 0 Å². The van der Waals surface area contributed by atoms with E-state index < -0.39 is 12.1 Å². The molecule has 0 aromatic heterocycles. The Morgan fingerprint density at radius 2 is 1.89 bits per heavy atom. The topological polar surface area (TPSA) is 75.6 Å². The van der Waals surface area contributed by atoms with Crippen LogP contribution in [0.25, 0.3) is 0 Å². The molecule has 0 rings (SSSR count). The number of carboxylic acids is 1. The minimum Gasteiger partial charge on any atom is -0.481 e. The number of ether oxygens (including phenoxy) is 1. The van der Waals surface area contributed by atoms with E-state index in [0.717, 1.165) is 6.42 Å². The SMILES string of the molecule is CC(C)COC(=O)NCCC(C)(C)CCC(=O)O. The van der Waals surface area contributed by atoms with E-state index >= 15 is 0 Å². The minimum absolute atomic E-state index is 0.0935. The molecule has 1 amide bonds. The summed E-state index contributed by atoms with van der Waals surface area (Å²) in [6.07, 6.45) is 1.09. The smallest absolute Gasteiger partial charge is 0.407 e. The number of nitrogens with one attached hydrogen (secondary N) is 1. The molecule has 0 bridgehead atoms. The van der Waals surface area contributed by atoms with E-state index in [0.29, 0.717) is 25.5 Å². The van der Waals surface area contributed by atoms with Gasteiger partial charge in [0.05, 0.1) is 6.61 Å². The summed E-state index contributed by atoms with van der Waals surface area (Å²) in [7, 11) is 0. The zero-order valence-electron chi connectivity index (χ0n) is 11.8. The van der Waals surface area contributed by atoms with Crippen LogP contribution in [-0.4, -0.2) is 30.3 Å². The van der Waals surface area contributed by atoms with E-state index in [2.05, 4.69) is 5.32 Å². The first-order valence-electron chi connectivity index (χ1n) is 6.35. The lowest BCUT2D eigenvalue weighted by Gasteiger charge is -2.23. The van der Waals surface area contributed by atoms with Gasteiger partial charge in [-0.05, 0) is 24.2 Å². The first-order valence-corrected chi connectivity index (χ1v) is 6.35. The number of carbonyl (C=O) groups is 2. The Hall–Kier alpha value is -1.26. The Kier molecular flexibility index (Phi) is 7.39. The summed E-state index contributed by atoms with van der Waals surface area (Å²) in [5.41, 5.74) is -0.0935. The third kappa shape index (κ3) is 9.93. The van der Waals surface area contributed by atoms with E-state index in [1.54, 1.807) is 0 Å². The molecule has 0 saturated heterocycles. The summed E-state index contributed by atoms with van der Waals surface area (Å²) in [5, 5.41) is 11.3. The van der Waals surface area contributed by atoms with Gasteiger partial charge in [-0.25, -0.2) is 4.79 Å². The number of amides is 1. The van der Waals surface area contributed by atoms with Gasteiger partial charge < -0.3 is 15.2 Å². The van der Waals surface area contributed by atoms with Crippen LogP contribution in [0.15, 0.2) is 0 Å². The first-order chi connectivity index (χ1) is 8.23. The quantitative estimate of drug-likeness (QED) is 0.702. The highest BCUT2D eigenvalue weighted by Gasteiger charge is 2.19. The minimum atomic E-state index is -0.785. The van der Waals surface area contributed by atoms with Crippen LogP contribution < -0.4 is 5.32 Å². The molecule has 0 aromatic rings. The second kappa shape index (κ2) is 7.95. The monoisotopic (exact) mass is 259 g/mol. The Morgan fingerprint density at radius 3 is 2.39 bits per heavy atom. The van der Waals surface area contributed by atoms with Crippen molar-refractivity contribution < 1.29 is 19.4 Å². The molecule has 106 valence electrons. The fraction of sp³-hybridized carbons (Fsp3) is 0.846. The van der Waals surface area contributed by atoms with Gasteiger partial charge in [-0.3, -0.25) is 4.79 Å². The number of aliphatic carboxylic acids is 1. The van der Waals surface area contributed by atoms with Crippen molar-refractivity contribution in [3.63, 3.8) is 0 Å². The Bertz CT molecular complexity index is 274. The molecular weight excluding hydrogens is 234 g/mol. The van der Waals surface area contributed by atoms with Gasteiger partial charge in [0.15, 0.2) is 0 Å². The van der Waals surface area contributed by atoms with Crippen LogP contribution in [0.4, 0.5) is 4.79 Å². The van der Waals surface area contributed by atoms with Crippen LogP contribution >= 0.6 is 0 Å². The highest BCUT2D eigenvalue weighted by atomic mass is 16.5. The van der Waals surface area contributed by atoms with Crippen molar-refractivity contribution in [2.45, 2.75) is 47.0 Å². The summed E-state index contributed by atoms with van der Waals surface area (Å²) < 4.78 is 4.97. The van der Waals surface area contributed by atoms with Gasteiger partial charge in [0.25, 0.3) is 0 Å². The van der Waals surface area contributed by atoms with Gasteiger partial charge in [0.2, 0.25) is 0 Å². The third-order valence-corrected chi connectivity index (χ3v) is 2.63. The molecule has 0 atom stereocenters. The van der Waals surface area contributed by atoms with Crippen LogP contribution in [0.5, 0.6) is 0 Å². The van der Waals surface area contributed by atoms with Crippen molar-refractivity contribution in [3.05, 3.63) is 0 Å². The molecule has 0 heterocycles. The fourth-order valence-corrected chi connectivity index (χ4v) is 1.37. The number of carboxylic acid groups (broad SMARTS) is 1. The number of rotatable bonds is 8. The second-order valence-electron chi connectivity index (χ2n) is 5.73. The molecule has 0 aromatic carbocycles. The highest BCUT2D eigenvalue weighted by Crippen LogP contribution is 2.25. The zero-order chi connectivity index (χ0) is 14.2. The highest BCUT2D eigenvalue weighted by molar-refractivity contribution is 5.67. The lowest BCUT2D eigenvalue weighted by Crippen LogP contribution is -2.29. The van der Waals surface area contributed by atoms with Gasteiger partial charge in [-0.1, -0.05) is 27.7 Å². The molecule has 0 saturated carbocycles. The Labute approximate surface area is 109 Å². The molecule has 5 heteroatoms. The lowest BCUT2D eigenvalue weighted by molar-refractivity contribution is -0.137. The molecule has 2 N–H and O–H groups in total. The Balaban J connectivity index is 3.74. The normalized spacial score (nSPS) is 11.4. The van der Waals surface area contributed by atoms with Gasteiger partial charge >= 0.3 is 12.1 Å². The van der Waals surface area contributed by atoms with Crippen LogP contribution in [0.2, 0.25) is 0 Å². The van der Waals surface area contributed by atoms with Crippen LogP contribution in [0.3, 0.4) is 0 Å². The molecular formula is C13H25NO4. The zero-order valence-corrected chi connectivity index (χ0v) is 11.8. The third-order valence-electron chi connectivity index (χ3n) is 2.63. The maximum atomic E-state index is 11.3. The van der Waals surface area contributed by atoms with Crippen molar-refractivity contribution in [1.82, 2.24) is 5.32 Å². The number of carbonyl (C=O) groups excluding carboxylic acids is 1. The molecule has 0 aliphatic carbocycles. The van der Waals surface area contributed by atoms with Crippen molar-refractivity contribution in [2.75, 3.05) is 13.2 Å². The number of hydrogen-bond acceptors (Lipinski definition) is 3. The molecule has 18 heavy (non-hydrogen) atoms. The van der Waals surface area contributed by atoms with Crippen molar-refractivity contribution >= 4 is 12.1 Å². The van der Waals surface area contributed by atoms with E-state index in [1.807, 2.05) is 27.7 Å². The van der Waals surface area contributed by atoms with E-state index in [9.17, 15) is 9.59 Å². The standard InChI is InChI=1S/C13H25NO4/c1-10(2)9-18-12(17)14-8-7-13(3,4)6-5-11(15)16/h10H,5-9H2,1-4H3,(H,14,17)(H,15,16). The lowest BCUT2D eigenvalue weighted by atomic mass is 9.84.